The summed E-state index contributed by atoms with van der Waals surface area (Å²) in [6.07, 6.45) is 2.06. The summed E-state index contributed by atoms with van der Waals surface area (Å²) in [6.45, 7) is 6.00. The fourth-order valence-corrected chi connectivity index (χ4v) is 1.52. The van der Waals surface area contributed by atoms with E-state index in [9.17, 15) is 4.79 Å². The molecule has 0 aromatic heterocycles. The Balaban J connectivity index is 2.55. The van der Waals surface area contributed by atoms with Crippen molar-refractivity contribution in [2.75, 3.05) is 0 Å². The average Bonchev–Trinajstić information content (AvgIpc) is 2.40. The second kappa shape index (κ2) is 2.68. The van der Waals surface area contributed by atoms with Crippen LogP contribution < -0.4 is 0 Å². The third-order valence-corrected chi connectivity index (χ3v) is 2.26. The summed E-state index contributed by atoms with van der Waals surface area (Å²) in [5.74, 6) is -0.148. The van der Waals surface area contributed by atoms with E-state index >= 15 is 0 Å². The van der Waals surface area contributed by atoms with Gasteiger partial charge in [0.25, 0.3) is 0 Å². The molecule has 0 bridgehead atoms. The molecule has 0 aromatic rings. The molecule has 1 saturated carbocycles. The molecule has 11 heavy (non-hydrogen) atoms. The van der Waals surface area contributed by atoms with E-state index < -0.39 is 5.97 Å². The Kier molecular flexibility index (Phi) is 2.03. The van der Waals surface area contributed by atoms with Gasteiger partial charge in [-0.1, -0.05) is 18.6 Å². The second-order valence-electron chi connectivity index (χ2n) is 3.54. The van der Waals surface area contributed by atoms with Crippen molar-refractivity contribution < 1.29 is 9.90 Å². The Bertz CT molecular complexity index is 202. The van der Waals surface area contributed by atoms with Gasteiger partial charge in [-0.3, -0.25) is 4.79 Å². The number of aliphatic carboxylic acids is 1. The Morgan fingerprint density at radius 3 is 2.27 bits per heavy atom. The number of carboxylic acid groups (broad SMARTS) is 1. The lowest BCUT2D eigenvalue weighted by molar-refractivity contribution is -0.139. The molecule has 2 nitrogen and oxygen atoms in total. The quantitative estimate of drug-likeness (QED) is 0.617. The molecule has 1 aliphatic carbocycles. The number of carbonyl (C=O) groups is 1. The van der Waals surface area contributed by atoms with Crippen molar-refractivity contribution in [3.8, 4) is 0 Å². The lowest BCUT2D eigenvalue weighted by Gasteiger charge is -1.87. The van der Waals surface area contributed by atoms with Crippen LogP contribution in [0.2, 0.25) is 0 Å². The minimum atomic E-state index is -0.653. The first kappa shape index (κ1) is 8.31. The molecule has 0 saturated heterocycles. The molecule has 2 heteroatoms. The molecule has 1 rings (SSSR count). The van der Waals surface area contributed by atoms with Crippen LogP contribution in [0, 0.1) is 17.8 Å². The van der Waals surface area contributed by atoms with E-state index in [-0.39, 0.29) is 11.8 Å². The minimum absolute atomic E-state index is 0.120. The molecule has 0 heterocycles. The highest BCUT2D eigenvalue weighted by Gasteiger charge is 2.50. The van der Waals surface area contributed by atoms with Crippen LogP contribution in [-0.4, -0.2) is 11.1 Å². The van der Waals surface area contributed by atoms with Crippen LogP contribution in [-0.2, 0) is 4.79 Å². The number of allylic oxidation sites excluding steroid dienone is 2. The molecular formula is C9H14O2. The maximum atomic E-state index is 10.5. The van der Waals surface area contributed by atoms with E-state index in [1.165, 1.54) is 5.57 Å². The molecule has 0 radical (unpaired) electrons. The van der Waals surface area contributed by atoms with E-state index in [1.54, 1.807) is 0 Å². The van der Waals surface area contributed by atoms with Gasteiger partial charge in [-0.15, -0.1) is 0 Å². The van der Waals surface area contributed by atoms with E-state index in [4.69, 9.17) is 5.11 Å². The first-order chi connectivity index (χ1) is 5.04. The highest BCUT2D eigenvalue weighted by Crippen LogP contribution is 2.47. The van der Waals surface area contributed by atoms with Gasteiger partial charge in [-0.25, -0.2) is 0 Å². The third kappa shape index (κ3) is 1.62. The molecule has 62 valence electrons. The fraction of sp³-hybridized carbons (Fsp3) is 0.667. The van der Waals surface area contributed by atoms with Crippen LogP contribution in [0.4, 0.5) is 0 Å². The van der Waals surface area contributed by atoms with E-state index in [0.29, 0.717) is 5.92 Å². The van der Waals surface area contributed by atoms with Crippen LogP contribution in [0.15, 0.2) is 11.6 Å². The van der Waals surface area contributed by atoms with Gasteiger partial charge >= 0.3 is 5.97 Å². The summed E-state index contributed by atoms with van der Waals surface area (Å²) in [5, 5.41) is 8.68. The fourth-order valence-electron chi connectivity index (χ4n) is 1.52. The molecule has 1 fully saturated rings. The zero-order valence-electron chi connectivity index (χ0n) is 7.16. The van der Waals surface area contributed by atoms with Gasteiger partial charge in [0.05, 0.1) is 5.92 Å². The first-order valence-electron chi connectivity index (χ1n) is 3.92. The van der Waals surface area contributed by atoms with Crippen molar-refractivity contribution in [1.82, 2.24) is 0 Å². The minimum Gasteiger partial charge on any atom is -0.481 e. The maximum Gasteiger partial charge on any atom is 0.307 e. The summed E-state index contributed by atoms with van der Waals surface area (Å²) in [4.78, 5) is 10.5. The number of hydrogen-bond donors (Lipinski definition) is 1. The normalized spacial score (nSPS) is 34.6. The van der Waals surface area contributed by atoms with E-state index in [2.05, 4.69) is 6.08 Å². The number of hydrogen-bond acceptors (Lipinski definition) is 1. The summed E-state index contributed by atoms with van der Waals surface area (Å²) < 4.78 is 0. The van der Waals surface area contributed by atoms with Gasteiger partial charge in [-0.2, -0.15) is 0 Å². The Labute approximate surface area is 66.9 Å². The van der Waals surface area contributed by atoms with Gasteiger partial charge in [0.15, 0.2) is 0 Å². The molecule has 0 aliphatic heterocycles. The summed E-state index contributed by atoms with van der Waals surface area (Å²) >= 11 is 0. The van der Waals surface area contributed by atoms with Crippen molar-refractivity contribution >= 4 is 5.97 Å². The molecule has 0 amide bonds. The Morgan fingerprint density at radius 2 is 2.00 bits per heavy atom. The zero-order chi connectivity index (χ0) is 8.59. The van der Waals surface area contributed by atoms with Crippen LogP contribution in [0.5, 0.6) is 0 Å². The third-order valence-electron chi connectivity index (χ3n) is 2.26. The van der Waals surface area contributed by atoms with Gasteiger partial charge in [0.1, 0.15) is 0 Å². The molecule has 0 spiro atoms. The molecule has 1 aliphatic rings. The van der Waals surface area contributed by atoms with Crippen molar-refractivity contribution in [3.63, 3.8) is 0 Å². The highest BCUT2D eigenvalue weighted by molar-refractivity contribution is 5.74. The largest absolute Gasteiger partial charge is 0.481 e. The maximum absolute atomic E-state index is 10.5. The summed E-state index contributed by atoms with van der Waals surface area (Å²) in [6, 6.07) is 0. The lowest BCUT2D eigenvalue weighted by atomic mass is 10.2. The predicted molar refractivity (Wildman–Crippen MR) is 43.2 cm³/mol. The van der Waals surface area contributed by atoms with Crippen molar-refractivity contribution in [2.45, 2.75) is 20.8 Å². The Morgan fingerprint density at radius 1 is 1.45 bits per heavy atom. The van der Waals surface area contributed by atoms with Crippen LogP contribution >= 0.6 is 0 Å². The van der Waals surface area contributed by atoms with Crippen LogP contribution in [0.25, 0.3) is 0 Å². The standard InChI is InChI=1S/C9H14O2/c1-5(2)4-7-6(3)8(7)9(10)11/h4,6-8H,1-3H3,(H,10,11)/t6-,7+,8-/m1/s1. The van der Waals surface area contributed by atoms with Crippen molar-refractivity contribution in [2.24, 2.45) is 17.8 Å². The molecule has 0 unspecified atom stereocenters. The molecule has 3 atom stereocenters. The number of rotatable bonds is 2. The van der Waals surface area contributed by atoms with E-state index in [0.717, 1.165) is 0 Å². The van der Waals surface area contributed by atoms with Crippen LogP contribution in [0.3, 0.4) is 0 Å². The van der Waals surface area contributed by atoms with Gasteiger partial charge < -0.3 is 5.11 Å². The zero-order valence-corrected chi connectivity index (χ0v) is 7.16. The van der Waals surface area contributed by atoms with Gasteiger partial charge in [-0.05, 0) is 25.7 Å². The predicted octanol–water partition coefficient (Wildman–Crippen LogP) is 1.92. The number of carboxylic acids is 1. The van der Waals surface area contributed by atoms with Crippen molar-refractivity contribution in [1.29, 1.82) is 0 Å². The molecular weight excluding hydrogens is 140 g/mol. The Hall–Kier alpha value is -0.790. The average molecular weight is 154 g/mol. The van der Waals surface area contributed by atoms with Crippen molar-refractivity contribution in [3.05, 3.63) is 11.6 Å². The highest BCUT2D eigenvalue weighted by atomic mass is 16.4. The SMILES string of the molecule is CC(C)=C[C@H]1[C@@H](C)[C@H]1C(=O)O. The topological polar surface area (TPSA) is 37.3 Å². The smallest absolute Gasteiger partial charge is 0.307 e. The summed E-state index contributed by atoms with van der Waals surface area (Å²) in [5.41, 5.74) is 1.21. The van der Waals surface area contributed by atoms with Gasteiger partial charge in [0.2, 0.25) is 0 Å². The van der Waals surface area contributed by atoms with Crippen LogP contribution in [0.1, 0.15) is 20.8 Å². The molecule has 1 N–H and O–H groups in total. The summed E-state index contributed by atoms with van der Waals surface area (Å²) in [7, 11) is 0. The first-order valence-corrected chi connectivity index (χ1v) is 3.92. The molecule has 0 aromatic carbocycles. The van der Waals surface area contributed by atoms with E-state index in [1.807, 2.05) is 20.8 Å². The second-order valence-corrected chi connectivity index (χ2v) is 3.54. The van der Waals surface area contributed by atoms with Gasteiger partial charge in [0, 0.05) is 0 Å². The monoisotopic (exact) mass is 154 g/mol. The lowest BCUT2D eigenvalue weighted by Crippen LogP contribution is -1.99.